The molecule has 1 fully saturated rings. The number of aliphatic carboxylic acids is 1. The highest BCUT2D eigenvalue weighted by Gasteiger charge is 2.30. The van der Waals surface area contributed by atoms with Gasteiger partial charge in [-0.05, 0) is 29.8 Å². The quantitative estimate of drug-likeness (QED) is 0.886. The van der Waals surface area contributed by atoms with E-state index in [-0.39, 0.29) is 36.4 Å². The van der Waals surface area contributed by atoms with Crippen molar-refractivity contribution >= 4 is 11.9 Å². The lowest BCUT2D eigenvalue weighted by Crippen LogP contribution is -2.48. The zero-order valence-electron chi connectivity index (χ0n) is 14.4. The molecule has 142 valence electrons. The molecule has 1 atom stereocenters. The van der Waals surface area contributed by atoms with Crippen molar-refractivity contribution in [2.75, 3.05) is 26.8 Å². The molecule has 1 aliphatic heterocycles. The molecule has 1 amide bonds. The van der Waals surface area contributed by atoms with Gasteiger partial charge < -0.3 is 19.5 Å². The Hall–Kier alpha value is -3.00. The van der Waals surface area contributed by atoms with E-state index in [1.54, 1.807) is 6.07 Å². The maximum Gasteiger partial charge on any atom is 0.334 e. The van der Waals surface area contributed by atoms with Crippen molar-refractivity contribution < 1.29 is 33.0 Å². The summed E-state index contributed by atoms with van der Waals surface area (Å²) in [6.07, 6.45) is -1.14. The summed E-state index contributed by atoms with van der Waals surface area (Å²) in [5.41, 5.74) is 0.235. The van der Waals surface area contributed by atoms with Crippen LogP contribution in [0.5, 0.6) is 5.75 Å². The summed E-state index contributed by atoms with van der Waals surface area (Å²) >= 11 is 0. The van der Waals surface area contributed by atoms with Gasteiger partial charge in [-0.1, -0.05) is 6.07 Å². The van der Waals surface area contributed by atoms with Gasteiger partial charge in [-0.3, -0.25) is 4.79 Å². The highest BCUT2D eigenvalue weighted by Crippen LogP contribution is 2.28. The largest absolute Gasteiger partial charge is 0.497 e. The minimum absolute atomic E-state index is 0.0550. The minimum atomic E-state index is -1.18. The van der Waals surface area contributed by atoms with Crippen LogP contribution in [0.2, 0.25) is 0 Å². The van der Waals surface area contributed by atoms with E-state index in [4.69, 9.17) is 14.6 Å². The molecule has 3 rings (SSSR count). The van der Waals surface area contributed by atoms with Gasteiger partial charge >= 0.3 is 5.97 Å². The average molecular weight is 377 g/mol. The molecule has 1 saturated heterocycles. The average Bonchev–Trinajstić information content (AvgIpc) is 2.67. The van der Waals surface area contributed by atoms with Crippen molar-refractivity contribution in [1.29, 1.82) is 0 Å². The molecule has 1 heterocycles. The number of hydrogen-bond acceptors (Lipinski definition) is 4. The van der Waals surface area contributed by atoms with Gasteiger partial charge in [0.05, 0.1) is 25.8 Å². The fourth-order valence-electron chi connectivity index (χ4n) is 2.87. The summed E-state index contributed by atoms with van der Waals surface area (Å²) in [5.74, 6) is -2.87. The van der Waals surface area contributed by atoms with Crippen molar-refractivity contribution in [3.05, 3.63) is 53.6 Å². The number of hydrogen-bond donors (Lipinski definition) is 1. The number of halogens is 2. The van der Waals surface area contributed by atoms with Gasteiger partial charge in [0.2, 0.25) is 0 Å². The summed E-state index contributed by atoms with van der Waals surface area (Å²) in [6.45, 7) is 0.0544. The lowest BCUT2D eigenvalue weighted by molar-refractivity contribution is -0.154. The Morgan fingerprint density at radius 3 is 2.59 bits per heavy atom. The Kier molecular flexibility index (Phi) is 5.36. The van der Waals surface area contributed by atoms with E-state index >= 15 is 0 Å². The van der Waals surface area contributed by atoms with Crippen molar-refractivity contribution in [3.63, 3.8) is 0 Å². The van der Waals surface area contributed by atoms with Gasteiger partial charge in [0, 0.05) is 18.2 Å². The first-order valence-corrected chi connectivity index (χ1v) is 8.18. The third-order valence-electron chi connectivity index (χ3n) is 4.32. The second-order valence-electron chi connectivity index (χ2n) is 5.99. The van der Waals surface area contributed by atoms with Crippen LogP contribution in [-0.2, 0) is 9.53 Å². The third-order valence-corrected chi connectivity index (χ3v) is 4.32. The molecule has 27 heavy (non-hydrogen) atoms. The van der Waals surface area contributed by atoms with Gasteiger partial charge in [-0.15, -0.1) is 0 Å². The summed E-state index contributed by atoms with van der Waals surface area (Å²) in [4.78, 5) is 24.8. The van der Waals surface area contributed by atoms with E-state index < -0.39 is 29.6 Å². The number of morpholine rings is 1. The van der Waals surface area contributed by atoms with E-state index in [0.717, 1.165) is 6.07 Å². The molecule has 2 aromatic carbocycles. The zero-order chi connectivity index (χ0) is 19.6. The van der Waals surface area contributed by atoms with Gasteiger partial charge in [-0.2, -0.15) is 0 Å². The first kappa shape index (κ1) is 18.8. The highest BCUT2D eigenvalue weighted by atomic mass is 19.1. The topological polar surface area (TPSA) is 76.1 Å². The summed E-state index contributed by atoms with van der Waals surface area (Å²) < 4.78 is 38.7. The number of amides is 1. The van der Waals surface area contributed by atoms with E-state index in [1.807, 2.05) is 0 Å². The smallest absolute Gasteiger partial charge is 0.334 e. The summed E-state index contributed by atoms with van der Waals surface area (Å²) in [7, 11) is 1.41. The first-order chi connectivity index (χ1) is 12.9. The predicted molar refractivity (Wildman–Crippen MR) is 91.6 cm³/mol. The van der Waals surface area contributed by atoms with Crippen LogP contribution in [0, 0.1) is 11.6 Å². The number of methoxy groups -OCH3 is 1. The lowest BCUT2D eigenvalue weighted by Gasteiger charge is -2.31. The lowest BCUT2D eigenvalue weighted by atomic mass is 10.0. The number of carbonyl (C=O) groups excluding carboxylic acids is 1. The number of carbonyl (C=O) groups is 2. The van der Waals surface area contributed by atoms with Crippen LogP contribution >= 0.6 is 0 Å². The number of benzene rings is 2. The number of ether oxygens (including phenoxy) is 2. The van der Waals surface area contributed by atoms with Gasteiger partial charge in [0.15, 0.2) is 6.10 Å². The Labute approximate surface area is 153 Å². The molecule has 0 saturated carbocycles. The van der Waals surface area contributed by atoms with Crippen LogP contribution in [0.4, 0.5) is 8.78 Å². The number of rotatable bonds is 4. The van der Waals surface area contributed by atoms with Crippen molar-refractivity contribution in [3.8, 4) is 16.9 Å². The minimum Gasteiger partial charge on any atom is -0.497 e. The molecule has 1 aliphatic rings. The Balaban J connectivity index is 1.84. The summed E-state index contributed by atoms with van der Waals surface area (Å²) in [6, 6.07) is 7.98. The fraction of sp³-hybridized carbons (Fsp3) is 0.263. The first-order valence-electron chi connectivity index (χ1n) is 8.18. The molecular formula is C19H17F2NO5. The maximum absolute atomic E-state index is 14.5. The van der Waals surface area contributed by atoms with Gasteiger partial charge in [0.25, 0.3) is 5.91 Å². The highest BCUT2D eigenvalue weighted by molar-refractivity contribution is 5.95. The second-order valence-corrected chi connectivity index (χ2v) is 5.99. The van der Waals surface area contributed by atoms with Gasteiger partial charge in [-0.25, -0.2) is 13.6 Å². The molecule has 0 bridgehead atoms. The fourth-order valence-corrected chi connectivity index (χ4v) is 2.87. The molecule has 0 radical (unpaired) electrons. The molecule has 2 aromatic rings. The maximum atomic E-state index is 14.5. The number of carboxylic acid groups (broad SMARTS) is 1. The Bertz CT molecular complexity index is 886. The predicted octanol–water partition coefficient (Wildman–Crippen LogP) is 2.57. The van der Waals surface area contributed by atoms with E-state index in [2.05, 4.69) is 0 Å². The van der Waals surface area contributed by atoms with E-state index in [9.17, 15) is 18.4 Å². The monoisotopic (exact) mass is 377 g/mol. The van der Waals surface area contributed by atoms with Crippen LogP contribution < -0.4 is 4.74 Å². The number of carboxylic acids is 1. The summed E-state index contributed by atoms with van der Waals surface area (Å²) in [5, 5.41) is 9.01. The van der Waals surface area contributed by atoms with Gasteiger partial charge in [0.1, 0.15) is 17.4 Å². The van der Waals surface area contributed by atoms with Crippen LogP contribution in [0.25, 0.3) is 11.1 Å². The van der Waals surface area contributed by atoms with Crippen molar-refractivity contribution in [1.82, 2.24) is 4.90 Å². The third kappa shape index (κ3) is 3.90. The molecule has 8 heteroatoms. The van der Waals surface area contributed by atoms with Crippen molar-refractivity contribution in [2.45, 2.75) is 6.10 Å². The van der Waals surface area contributed by atoms with Crippen LogP contribution in [0.1, 0.15) is 10.4 Å². The van der Waals surface area contributed by atoms with Crippen LogP contribution in [-0.4, -0.2) is 54.8 Å². The molecule has 6 nitrogen and oxygen atoms in total. The second kappa shape index (κ2) is 7.71. The van der Waals surface area contributed by atoms with Crippen LogP contribution in [0.15, 0.2) is 36.4 Å². The van der Waals surface area contributed by atoms with Crippen LogP contribution in [0.3, 0.4) is 0 Å². The Morgan fingerprint density at radius 1 is 1.19 bits per heavy atom. The molecule has 0 aliphatic carbocycles. The SMILES string of the molecule is COc1ccc(-c2ccc(C(=O)N3CCOC(C(=O)O)C3)c(F)c2)c(F)c1. The molecule has 0 aromatic heterocycles. The molecule has 0 spiro atoms. The standard InChI is InChI=1S/C19H17F2NO5/c1-26-12-3-5-13(16(21)9-12)11-2-4-14(15(20)8-11)18(23)22-6-7-27-17(10-22)19(24)25/h2-5,8-9,17H,6-7,10H2,1H3,(H,24,25). The molecule has 1 N–H and O–H groups in total. The van der Waals surface area contributed by atoms with E-state index in [0.29, 0.717) is 5.75 Å². The molecular weight excluding hydrogens is 360 g/mol. The normalized spacial score (nSPS) is 16.9. The molecule has 1 unspecified atom stereocenters. The van der Waals surface area contributed by atoms with Crippen molar-refractivity contribution in [2.24, 2.45) is 0 Å². The number of nitrogens with zero attached hydrogens (tertiary/aromatic N) is 1. The van der Waals surface area contributed by atoms with E-state index in [1.165, 1.54) is 36.3 Å². The Morgan fingerprint density at radius 2 is 1.96 bits per heavy atom. The zero-order valence-corrected chi connectivity index (χ0v) is 14.4.